The number of aromatic nitrogens is 1. The van der Waals surface area contributed by atoms with Gasteiger partial charge in [0.2, 0.25) is 0 Å². The Hall–Kier alpha value is -0.380. The van der Waals surface area contributed by atoms with Gasteiger partial charge in [0.25, 0.3) is 0 Å². The van der Waals surface area contributed by atoms with Gasteiger partial charge in [-0.15, -0.1) is 22.7 Å². The SMILES string of the molecule is Cc1ccsc1-c1csc(Cl)n1. The van der Waals surface area contributed by atoms with E-state index in [2.05, 4.69) is 23.4 Å². The molecule has 0 N–H and O–H groups in total. The van der Waals surface area contributed by atoms with Crippen LogP contribution in [0.5, 0.6) is 0 Å². The molecular weight excluding hydrogens is 210 g/mol. The molecule has 2 rings (SSSR count). The van der Waals surface area contributed by atoms with Crippen LogP contribution in [0.2, 0.25) is 4.47 Å². The molecule has 0 aliphatic carbocycles. The molecule has 0 saturated heterocycles. The monoisotopic (exact) mass is 215 g/mol. The van der Waals surface area contributed by atoms with Crippen molar-refractivity contribution >= 4 is 34.3 Å². The Morgan fingerprint density at radius 1 is 1.42 bits per heavy atom. The van der Waals surface area contributed by atoms with Crippen LogP contribution >= 0.6 is 34.3 Å². The highest BCUT2D eigenvalue weighted by Gasteiger charge is 2.06. The largest absolute Gasteiger partial charge is 0.224 e. The Morgan fingerprint density at radius 3 is 2.75 bits per heavy atom. The highest BCUT2D eigenvalue weighted by Crippen LogP contribution is 2.31. The molecule has 2 aromatic heterocycles. The molecule has 0 aliphatic rings. The number of thiazole rings is 1. The molecular formula is C8H6ClNS2. The molecule has 0 spiro atoms. The third-order valence-electron chi connectivity index (χ3n) is 1.57. The van der Waals surface area contributed by atoms with E-state index in [1.54, 1.807) is 11.3 Å². The summed E-state index contributed by atoms with van der Waals surface area (Å²) in [6.45, 7) is 2.08. The lowest BCUT2D eigenvalue weighted by atomic mass is 10.2. The number of hydrogen-bond donors (Lipinski definition) is 0. The van der Waals surface area contributed by atoms with Crippen LogP contribution < -0.4 is 0 Å². The summed E-state index contributed by atoms with van der Waals surface area (Å²) in [6, 6.07) is 2.09. The molecule has 0 bridgehead atoms. The molecule has 0 saturated carbocycles. The van der Waals surface area contributed by atoms with Crippen LogP contribution in [0, 0.1) is 6.92 Å². The summed E-state index contributed by atoms with van der Waals surface area (Å²) in [4.78, 5) is 5.43. The first-order valence-electron chi connectivity index (χ1n) is 3.43. The van der Waals surface area contributed by atoms with E-state index in [1.807, 2.05) is 5.38 Å². The molecule has 0 atom stereocenters. The second-order valence-corrected chi connectivity index (χ2v) is 4.77. The minimum absolute atomic E-state index is 0.609. The number of hydrogen-bond acceptors (Lipinski definition) is 3. The maximum absolute atomic E-state index is 5.74. The number of halogens is 1. The predicted molar refractivity (Wildman–Crippen MR) is 55.2 cm³/mol. The molecule has 0 amide bonds. The Morgan fingerprint density at radius 2 is 2.25 bits per heavy atom. The highest BCUT2D eigenvalue weighted by molar-refractivity contribution is 7.16. The number of nitrogens with zero attached hydrogens (tertiary/aromatic N) is 1. The molecule has 4 heteroatoms. The first-order valence-corrected chi connectivity index (χ1v) is 5.56. The summed E-state index contributed by atoms with van der Waals surface area (Å²) >= 11 is 8.92. The molecule has 0 radical (unpaired) electrons. The summed E-state index contributed by atoms with van der Waals surface area (Å²) in [5.41, 5.74) is 2.26. The minimum Gasteiger partial charge on any atom is -0.224 e. The molecule has 0 aromatic carbocycles. The fourth-order valence-electron chi connectivity index (χ4n) is 0.991. The normalized spacial score (nSPS) is 10.5. The van der Waals surface area contributed by atoms with Crippen LogP contribution in [0.25, 0.3) is 10.6 Å². The van der Waals surface area contributed by atoms with Crippen molar-refractivity contribution in [2.24, 2.45) is 0 Å². The van der Waals surface area contributed by atoms with E-state index in [0.717, 1.165) is 5.69 Å². The van der Waals surface area contributed by atoms with Gasteiger partial charge < -0.3 is 0 Å². The standard InChI is InChI=1S/C8H6ClNS2/c1-5-2-3-11-7(5)6-4-12-8(9)10-6/h2-4H,1H3. The number of rotatable bonds is 1. The zero-order chi connectivity index (χ0) is 8.55. The van der Waals surface area contributed by atoms with Crippen molar-refractivity contribution in [1.29, 1.82) is 0 Å². The van der Waals surface area contributed by atoms with Gasteiger partial charge in [0.15, 0.2) is 4.47 Å². The van der Waals surface area contributed by atoms with Crippen LogP contribution in [-0.2, 0) is 0 Å². The van der Waals surface area contributed by atoms with Crippen molar-refractivity contribution in [3.63, 3.8) is 0 Å². The third-order valence-corrected chi connectivity index (χ3v) is 3.59. The summed E-state index contributed by atoms with van der Waals surface area (Å²) in [5, 5.41) is 4.05. The van der Waals surface area contributed by atoms with E-state index in [-0.39, 0.29) is 0 Å². The van der Waals surface area contributed by atoms with Gasteiger partial charge in [0, 0.05) is 5.38 Å². The van der Waals surface area contributed by atoms with Gasteiger partial charge >= 0.3 is 0 Å². The van der Waals surface area contributed by atoms with Crippen LogP contribution in [0.15, 0.2) is 16.8 Å². The fraction of sp³-hybridized carbons (Fsp3) is 0.125. The molecule has 0 unspecified atom stereocenters. The Kier molecular flexibility index (Phi) is 2.17. The van der Waals surface area contributed by atoms with Gasteiger partial charge in [0.05, 0.1) is 10.6 Å². The summed E-state index contributed by atoms with van der Waals surface area (Å²) in [5.74, 6) is 0. The summed E-state index contributed by atoms with van der Waals surface area (Å²) < 4.78 is 0.609. The maximum atomic E-state index is 5.74. The fourth-order valence-corrected chi connectivity index (χ4v) is 2.71. The molecule has 0 fully saturated rings. The van der Waals surface area contributed by atoms with Gasteiger partial charge in [0.1, 0.15) is 0 Å². The predicted octanol–water partition coefficient (Wildman–Crippen LogP) is 3.83. The average Bonchev–Trinajstić information content (AvgIpc) is 2.58. The van der Waals surface area contributed by atoms with Crippen molar-refractivity contribution in [3.8, 4) is 10.6 Å². The Labute approximate surface area is 83.7 Å². The first-order chi connectivity index (χ1) is 5.77. The van der Waals surface area contributed by atoms with E-state index in [0.29, 0.717) is 4.47 Å². The van der Waals surface area contributed by atoms with E-state index in [9.17, 15) is 0 Å². The lowest BCUT2D eigenvalue weighted by Gasteiger charge is -1.90. The third kappa shape index (κ3) is 1.40. The van der Waals surface area contributed by atoms with Crippen LogP contribution in [0.4, 0.5) is 0 Å². The van der Waals surface area contributed by atoms with Gasteiger partial charge in [-0.2, -0.15) is 0 Å². The zero-order valence-electron chi connectivity index (χ0n) is 6.37. The van der Waals surface area contributed by atoms with Gasteiger partial charge in [-0.05, 0) is 23.9 Å². The molecule has 2 aromatic rings. The number of aryl methyl sites for hydroxylation is 1. The molecule has 0 aliphatic heterocycles. The topological polar surface area (TPSA) is 12.9 Å². The van der Waals surface area contributed by atoms with Crippen molar-refractivity contribution < 1.29 is 0 Å². The van der Waals surface area contributed by atoms with Crippen molar-refractivity contribution in [2.75, 3.05) is 0 Å². The molecule has 62 valence electrons. The van der Waals surface area contributed by atoms with Crippen LogP contribution in [0.3, 0.4) is 0 Å². The van der Waals surface area contributed by atoms with Crippen molar-refractivity contribution in [3.05, 3.63) is 26.9 Å². The second-order valence-electron chi connectivity index (χ2n) is 2.42. The molecule has 1 nitrogen and oxygen atoms in total. The lowest BCUT2D eigenvalue weighted by molar-refractivity contribution is 1.41. The summed E-state index contributed by atoms with van der Waals surface area (Å²) in [7, 11) is 0. The minimum atomic E-state index is 0.609. The van der Waals surface area contributed by atoms with E-state index in [4.69, 9.17) is 11.6 Å². The molecule has 2 heterocycles. The number of thiophene rings is 1. The molecule has 12 heavy (non-hydrogen) atoms. The highest BCUT2D eigenvalue weighted by atomic mass is 35.5. The van der Waals surface area contributed by atoms with Gasteiger partial charge in [-0.25, -0.2) is 4.98 Å². The average molecular weight is 216 g/mol. The van der Waals surface area contributed by atoms with Crippen molar-refractivity contribution in [2.45, 2.75) is 6.92 Å². The summed E-state index contributed by atoms with van der Waals surface area (Å²) in [6.07, 6.45) is 0. The Balaban J connectivity index is 2.50. The first kappa shape index (κ1) is 8.23. The maximum Gasteiger partial charge on any atom is 0.184 e. The lowest BCUT2D eigenvalue weighted by Crippen LogP contribution is -1.73. The van der Waals surface area contributed by atoms with Gasteiger partial charge in [-0.3, -0.25) is 0 Å². The quantitative estimate of drug-likeness (QED) is 0.705. The Bertz CT molecular complexity index is 391. The van der Waals surface area contributed by atoms with E-state index in [1.165, 1.54) is 21.8 Å². The van der Waals surface area contributed by atoms with Crippen LogP contribution in [0.1, 0.15) is 5.56 Å². The second kappa shape index (κ2) is 3.17. The smallest absolute Gasteiger partial charge is 0.184 e. The van der Waals surface area contributed by atoms with E-state index < -0.39 is 0 Å². The zero-order valence-corrected chi connectivity index (χ0v) is 8.76. The van der Waals surface area contributed by atoms with Crippen LogP contribution in [-0.4, -0.2) is 4.98 Å². The van der Waals surface area contributed by atoms with E-state index >= 15 is 0 Å². The van der Waals surface area contributed by atoms with Crippen molar-refractivity contribution in [1.82, 2.24) is 4.98 Å². The van der Waals surface area contributed by atoms with Gasteiger partial charge in [-0.1, -0.05) is 11.6 Å².